The molecule has 0 atom stereocenters. The van der Waals surface area contributed by atoms with Gasteiger partial charge in [0.2, 0.25) is 0 Å². The largest absolute Gasteiger partial charge is 0.272 e. The van der Waals surface area contributed by atoms with Crippen LogP contribution in [0.3, 0.4) is 0 Å². The summed E-state index contributed by atoms with van der Waals surface area (Å²) in [6, 6.07) is 13.5. The Morgan fingerprint density at radius 2 is 1.71 bits per heavy atom. The normalized spacial score (nSPS) is 12.2. The molecule has 0 saturated heterocycles. The van der Waals surface area contributed by atoms with Gasteiger partial charge in [0.1, 0.15) is 0 Å². The summed E-state index contributed by atoms with van der Waals surface area (Å²) in [6.07, 6.45) is 0. The van der Waals surface area contributed by atoms with Crippen molar-refractivity contribution in [2.24, 2.45) is 5.10 Å². The molecular weight excluding hydrogens is 320 g/mol. The molecule has 0 unspecified atom stereocenters. The number of carbonyl (C=O) groups excluding carboxylic acids is 1. The first kappa shape index (κ1) is 18.2. The Bertz CT molecular complexity index is 771. The number of hydrazone groups is 1. The molecule has 0 bridgehead atoms. The molecule has 126 valence electrons. The molecule has 0 spiro atoms. The third-order valence-corrected chi connectivity index (χ3v) is 4.18. The van der Waals surface area contributed by atoms with E-state index in [0.29, 0.717) is 10.6 Å². The molecule has 0 saturated carbocycles. The summed E-state index contributed by atoms with van der Waals surface area (Å²) < 4.78 is 0. The van der Waals surface area contributed by atoms with Crippen LogP contribution in [0.4, 0.5) is 0 Å². The van der Waals surface area contributed by atoms with Gasteiger partial charge >= 0.3 is 0 Å². The van der Waals surface area contributed by atoms with Crippen LogP contribution in [-0.4, -0.2) is 11.6 Å². The lowest BCUT2D eigenvalue weighted by atomic mass is 9.86. The minimum Gasteiger partial charge on any atom is -0.267 e. The van der Waals surface area contributed by atoms with Crippen molar-refractivity contribution in [1.82, 2.24) is 5.43 Å². The second kappa shape index (κ2) is 7.18. The number of nitrogens with zero attached hydrogens (tertiary/aromatic N) is 1. The lowest BCUT2D eigenvalue weighted by molar-refractivity contribution is 0.0955. The molecule has 1 N–H and O–H groups in total. The van der Waals surface area contributed by atoms with Gasteiger partial charge in [-0.05, 0) is 48.1 Å². The molecule has 2 aromatic carbocycles. The van der Waals surface area contributed by atoms with Gasteiger partial charge in [-0.1, -0.05) is 62.7 Å². The van der Waals surface area contributed by atoms with Crippen molar-refractivity contribution < 1.29 is 4.79 Å². The molecule has 2 rings (SSSR count). The van der Waals surface area contributed by atoms with Gasteiger partial charge in [0.05, 0.1) is 16.3 Å². The topological polar surface area (TPSA) is 41.5 Å². The van der Waals surface area contributed by atoms with Crippen molar-refractivity contribution in [3.8, 4) is 0 Å². The Kier molecular flexibility index (Phi) is 5.45. The number of benzene rings is 2. The van der Waals surface area contributed by atoms with E-state index in [4.69, 9.17) is 11.6 Å². The van der Waals surface area contributed by atoms with E-state index in [9.17, 15) is 4.79 Å². The second-order valence-corrected chi connectivity index (χ2v) is 7.36. The van der Waals surface area contributed by atoms with Crippen LogP contribution in [0, 0.1) is 6.92 Å². The zero-order valence-corrected chi connectivity index (χ0v) is 15.5. The summed E-state index contributed by atoms with van der Waals surface area (Å²) in [5, 5.41) is 4.61. The molecule has 0 aliphatic rings. The average Bonchev–Trinajstić information content (AvgIpc) is 2.51. The Labute approximate surface area is 148 Å². The molecule has 2 aromatic rings. The van der Waals surface area contributed by atoms with Gasteiger partial charge in [-0.15, -0.1) is 0 Å². The maximum absolute atomic E-state index is 12.2. The van der Waals surface area contributed by atoms with Crippen LogP contribution in [0.1, 0.15) is 54.7 Å². The first-order valence-electron chi connectivity index (χ1n) is 7.90. The third kappa shape index (κ3) is 4.45. The number of carbonyl (C=O) groups is 1. The molecule has 0 radical (unpaired) electrons. The fraction of sp³-hybridized carbons (Fsp3) is 0.300. The van der Waals surface area contributed by atoms with Gasteiger partial charge in [0.25, 0.3) is 5.91 Å². The van der Waals surface area contributed by atoms with Gasteiger partial charge in [-0.3, -0.25) is 4.79 Å². The van der Waals surface area contributed by atoms with Crippen molar-refractivity contribution in [1.29, 1.82) is 0 Å². The predicted molar refractivity (Wildman–Crippen MR) is 101 cm³/mol. The van der Waals surface area contributed by atoms with Gasteiger partial charge in [-0.25, -0.2) is 5.43 Å². The van der Waals surface area contributed by atoms with Crippen LogP contribution >= 0.6 is 11.6 Å². The highest BCUT2D eigenvalue weighted by atomic mass is 35.5. The summed E-state index contributed by atoms with van der Waals surface area (Å²) in [7, 11) is 0. The maximum Gasteiger partial charge on any atom is 0.272 e. The predicted octanol–water partition coefficient (Wildman–Crippen LogP) is 5.10. The Balaban J connectivity index is 2.12. The number of nitrogens with one attached hydrogen (secondary N) is 1. The van der Waals surface area contributed by atoms with E-state index in [2.05, 4.69) is 43.4 Å². The summed E-state index contributed by atoms with van der Waals surface area (Å²) in [5.74, 6) is -0.314. The van der Waals surface area contributed by atoms with E-state index in [-0.39, 0.29) is 11.3 Å². The molecule has 0 aromatic heterocycles. The number of hydrogen-bond donors (Lipinski definition) is 1. The molecule has 0 heterocycles. The van der Waals surface area contributed by atoms with Gasteiger partial charge in [0, 0.05) is 0 Å². The number of rotatable bonds is 3. The molecule has 24 heavy (non-hydrogen) atoms. The number of aryl methyl sites for hydroxylation is 1. The monoisotopic (exact) mass is 342 g/mol. The highest BCUT2D eigenvalue weighted by molar-refractivity contribution is 6.33. The van der Waals surface area contributed by atoms with Crippen LogP contribution in [0.15, 0.2) is 47.6 Å². The summed E-state index contributed by atoms with van der Waals surface area (Å²) in [6.45, 7) is 10.3. The van der Waals surface area contributed by atoms with Gasteiger partial charge < -0.3 is 0 Å². The Hall–Kier alpha value is -2.13. The van der Waals surface area contributed by atoms with Crippen molar-refractivity contribution in [3.05, 3.63) is 69.7 Å². The smallest absolute Gasteiger partial charge is 0.267 e. The third-order valence-electron chi connectivity index (χ3n) is 3.86. The van der Waals surface area contributed by atoms with E-state index in [1.54, 1.807) is 12.1 Å². The molecule has 0 aliphatic heterocycles. The number of amides is 1. The van der Waals surface area contributed by atoms with E-state index in [1.807, 2.05) is 32.0 Å². The molecule has 3 nitrogen and oxygen atoms in total. The van der Waals surface area contributed by atoms with Crippen molar-refractivity contribution in [3.63, 3.8) is 0 Å². The fourth-order valence-corrected chi connectivity index (χ4v) is 2.60. The Morgan fingerprint density at radius 1 is 1.08 bits per heavy atom. The lowest BCUT2D eigenvalue weighted by Crippen LogP contribution is -2.20. The minimum atomic E-state index is -0.314. The SMILES string of the molecule is C/C(=N\NC(=O)c1ccc(C)cc1Cl)c1ccc(C(C)(C)C)cc1. The summed E-state index contributed by atoms with van der Waals surface area (Å²) in [5.41, 5.74) is 7.08. The second-order valence-electron chi connectivity index (χ2n) is 6.95. The van der Waals surface area contributed by atoms with Crippen LogP contribution < -0.4 is 5.43 Å². The van der Waals surface area contributed by atoms with Crippen molar-refractivity contribution >= 4 is 23.2 Å². The van der Waals surface area contributed by atoms with Crippen molar-refractivity contribution in [2.45, 2.75) is 40.0 Å². The van der Waals surface area contributed by atoms with E-state index < -0.39 is 0 Å². The van der Waals surface area contributed by atoms with E-state index >= 15 is 0 Å². The van der Waals surface area contributed by atoms with Gasteiger partial charge in [0.15, 0.2) is 0 Å². The first-order chi connectivity index (χ1) is 11.2. The molecule has 1 amide bonds. The average molecular weight is 343 g/mol. The molecule has 0 fully saturated rings. The number of halogens is 1. The molecule has 4 heteroatoms. The minimum absolute atomic E-state index is 0.111. The van der Waals surface area contributed by atoms with Crippen LogP contribution in [0.25, 0.3) is 0 Å². The zero-order chi connectivity index (χ0) is 17.9. The van der Waals surface area contributed by atoms with E-state index in [1.165, 1.54) is 5.56 Å². The van der Waals surface area contributed by atoms with Crippen LogP contribution in [-0.2, 0) is 5.41 Å². The zero-order valence-electron chi connectivity index (χ0n) is 14.8. The quantitative estimate of drug-likeness (QED) is 0.612. The first-order valence-corrected chi connectivity index (χ1v) is 8.28. The molecule has 0 aliphatic carbocycles. The Morgan fingerprint density at radius 3 is 2.25 bits per heavy atom. The van der Waals surface area contributed by atoms with Crippen LogP contribution in [0.2, 0.25) is 5.02 Å². The van der Waals surface area contributed by atoms with Crippen molar-refractivity contribution in [2.75, 3.05) is 0 Å². The maximum atomic E-state index is 12.2. The fourth-order valence-electron chi connectivity index (χ4n) is 2.28. The summed E-state index contributed by atoms with van der Waals surface area (Å²) in [4.78, 5) is 12.2. The van der Waals surface area contributed by atoms with E-state index in [0.717, 1.165) is 16.8 Å². The van der Waals surface area contributed by atoms with Gasteiger partial charge in [-0.2, -0.15) is 5.10 Å². The highest BCUT2D eigenvalue weighted by Gasteiger charge is 2.13. The standard InChI is InChI=1S/C20H23ClN2O/c1-13-6-11-17(18(21)12-13)19(24)23-22-14(2)15-7-9-16(10-8-15)20(3,4)5/h6-12H,1-5H3,(H,23,24)/b22-14+. The highest BCUT2D eigenvalue weighted by Crippen LogP contribution is 2.22. The van der Waals surface area contributed by atoms with Crippen LogP contribution in [0.5, 0.6) is 0 Å². The summed E-state index contributed by atoms with van der Waals surface area (Å²) >= 11 is 6.11. The molecular formula is C20H23ClN2O. The lowest BCUT2D eigenvalue weighted by Gasteiger charge is -2.19. The number of hydrogen-bond acceptors (Lipinski definition) is 2.